The molecule has 2 aromatic carbocycles. The number of ketones is 1. The number of halogens is 2. The first-order valence-electron chi connectivity index (χ1n) is 10.4. The van der Waals surface area contributed by atoms with E-state index in [4.69, 9.17) is 4.74 Å². The van der Waals surface area contributed by atoms with Crippen LogP contribution in [0.3, 0.4) is 0 Å². The number of piperidine rings is 1. The lowest BCUT2D eigenvalue weighted by Gasteiger charge is -2.43. The van der Waals surface area contributed by atoms with Crippen LogP contribution in [0.15, 0.2) is 36.4 Å². The third-order valence-electron chi connectivity index (χ3n) is 5.96. The number of Topliss-reactive ketones (excluding diaryl/α,β-unsaturated/α-hetero) is 1. The number of ether oxygens (including phenoxy) is 1. The number of benzene rings is 2. The smallest absolute Gasteiger partial charge is 0.317 e. The van der Waals surface area contributed by atoms with E-state index in [1.54, 1.807) is 4.90 Å². The molecule has 2 heterocycles. The molecule has 0 aromatic heterocycles. The summed E-state index contributed by atoms with van der Waals surface area (Å²) in [7, 11) is 1.42. The molecule has 0 radical (unpaired) electrons. The maximum atomic E-state index is 13.8. The highest BCUT2D eigenvalue weighted by molar-refractivity contribution is 6.00. The van der Waals surface area contributed by atoms with Gasteiger partial charge in [-0.2, -0.15) is 0 Å². The first kappa shape index (κ1) is 21.7. The second-order valence-corrected chi connectivity index (χ2v) is 8.06. The van der Waals surface area contributed by atoms with Crippen LogP contribution in [-0.2, 0) is 6.54 Å². The van der Waals surface area contributed by atoms with Gasteiger partial charge < -0.3 is 20.3 Å². The molecule has 0 aliphatic carbocycles. The van der Waals surface area contributed by atoms with Crippen molar-refractivity contribution in [1.29, 1.82) is 0 Å². The van der Waals surface area contributed by atoms with Gasteiger partial charge >= 0.3 is 6.03 Å². The van der Waals surface area contributed by atoms with Gasteiger partial charge in [0, 0.05) is 39.5 Å². The van der Waals surface area contributed by atoms with Crippen molar-refractivity contribution < 1.29 is 27.9 Å². The molecule has 0 atom stereocenters. The molecule has 0 unspecified atom stereocenters. The van der Waals surface area contributed by atoms with Crippen LogP contribution in [0.5, 0.6) is 5.75 Å². The Balaban J connectivity index is 1.35. The van der Waals surface area contributed by atoms with E-state index in [1.807, 2.05) is 0 Å². The zero-order valence-electron chi connectivity index (χ0n) is 17.5. The Morgan fingerprint density at radius 2 is 1.88 bits per heavy atom. The molecule has 9 heteroatoms. The van der Waals surface area contributed by atoms with E-state index in [0.717, 1.165) is 0 Å². The molecule has 0 saturated carbocycles. The largest absolute Gasteiger partial charge is 0.486 e. The van der Waals surface area contributed by atoms with Gasteiger partial charge in [-0.1, -0.05) is 6.07 Å². The Morgan fingerprint density at radius 1 is 1.12 bits per heavy atom. The third kappa shape index (κ3) is 4.28. The third-order valence-corrected chi connectivity index (χ3v) is 5.96. The molecule has 3 amide bonds. The van der Waals surface area contributed by atoms with Gasteiger partial charge in [0.05, 0.1) is 17.5 Å². The van der Waals surface area contributed by atoms with Crippen molar-refractivity contribution in [2.75, 3.05) is 20.1 Å². The van der Waals surface area contributed by atoms with E-state index in [1.165, 1.54) is 43.4 Å². The van der Waals surface area contributed by atoms with E-state index in [2.05, 4.69) is 10.6 Å². The molecule has 2 aromatic rings. The molecule has 2 aliphatic heterocycles. The van der Waals surface area contributed by atoms with Crippen molar-refractivity contribution >= 4 is 17.7 Å². The van der Waals surface area contributed by atoms with Crippen molar-refractivity contribution in [3.05, 3.63) is 64.7 Å². The summed E-state index contributed by atoms with van der Waals surface area (Å²) in [6.45, 7) is 0.920. The number of amides is 3. The topological polar surface area (TPSA) is 87.7 Å². The van der Waals surface area contributed by atoms with Crippen LogP contribution in [0, 0.1) is 11.6 Å². The van der Waals surface area contributed by atoms with Crippen LogP contribution in [0.25, 0.3) is 0 Å². The standard InChI is InChI=1S/C23H23F2N3O4/c1-26-21(30)16-10-14(2-4-18(16)25)13-27-22(31)28-8-6-23(7-9-28)12-19(29)17-11-15(24)3-5-20(17)32-23/h2-5,10-11H,6-9,12-13H2,1H3,(H,26,30)(H,27,31). The zero-order chi connectivity index (χ0) is 22.9. The minimum Gasteiger partial charge on any atom is -0.486 e. The van der Waals surface area contributed by atoms with Gasteiger partial charge in [0.15, 0.2) is 5.78 Å². The molecular weight excluding hydrogens is 420 g/mol. The fraction of sp³-hybridized carbons (Fsp3) is 0.348. The molecule has 1 fully saturated rings. The fourth-order valence-electron chi connectivity index (χ4n) is 4.14. The first-order chi connectivity index (χ1) is 15.3. The van der Waals surface area contributed by atoms with E-state index in [0.29, 0.717) is 37.2 Å². The van der Waals surface area contributed by atoms with Crippen LogP contribution in [-0.4, -0.2) is 48.4 Å². The second-order valence-electron chi connectivity index (χ2n) is 8.06. The number of nitrogens with zero attached hydrogens (tertiary/aromatic N) is 1. The SMILES string of the molecule is CNC(=O)c1cc(CNC(=O)N2CCC3(CC2)CC(=O)c2cc(F)ccc2O3)ccc1F. The lowest BCUT2D eigenvalue weighted by molar-refractivity contribution is -0.000812. The number of likely N-dealkylation sites (tertiary alicyclic amines) is 1. The number of nitrogens with one attached hydrogen (secondary N) is 2. The summed E-state index contributed by atoms with van der Waals surface area (Å²) in [6.07, 6.45) is 1.09. The van der Waals surface area contributed by atoms with E-state index in [9.17, 15) is 23.2 Å². The van der Waals surface area contributed by atoms with Gasteiger partial charge in [-0.3, -0.25) is 9.59 Å². The molecular formula is C23H23F2N3O4. The molecule has 32 heavy (non-hydrogen) atoms. The summed E-state index contributed by atoms with van der Waals surface area (Å²) < 4.78 is 33.3. The molecule has 7 nitrogen and oxygen atoms in total. The zero-order valence-corrected chi connectivity index (χ0v) is 17.5. The van der Waals surface area contributed by atoms with Gasteiger partial charge in [-0.25, -0.2) is 13.6 Å². The highest BCUT2D eigenvalue weighted by atomic mass is 19.1. The van der Waals surface area contributed by atoms with Crippen LogP contribution >= 0.6 is 0 Å². The molecule has 4 rings (SSSR count). The lowest BCUT2D eigenvalue weighted by Crippen LogP contribution is -2.54. The average Bonchev–Trinajstić information content (AvgIpc) is 2.79. The molecule has 2 aliphatic rings. The Labute approximate surface area is 183 Å². The lowest BCUT2D eigenvalue weighted by atomic mass is 9.82. The van der Waals surface area contributed by atoms with E-state index in [-0.39, 0.29) is 35.9 Å². The molecule has 1 saturated heterocycles. The van der Waals surface area contributed by atoms with Crippen molar-refractivity contribution in [2.45, 2.75) is 31.4 Å². The number of rotatable bonds is 3. The molecule has 168 valence electrons. The van der Waals surface area contributed by atoms with Crippen LogP contribution in [0.2, 0.25) is 0 Å². The number of hydrogen-bond acceptors (Lipinski definition) is 4. The Kier molecular flexibility index (Phi) is 5.82. The predicted molar refractivity (Wildman–Crippen MR) is 112 cm³/mol. The molecule has 0 bridgehead atoms. The highest BCUT2D eigenvalue weighted by Crippen LogP contribution is 2.39. The van der Waals surface area contributed by atoms with Crippen molar-refractivity contribution in [2.24, 2.45) is 0 Å². The van der Waals surface area contributed by atoms with Crippen LogP contribution in [0.4, 0.5) is 13.6 Å². The Hall–Kier alpha value is -3.49. The van der Waals surface area contributed by atoms with E-state index < -0.39 is 23.1 Å². The van der Waals surface area contributed by atoms with Gasteiger partial charge in [0.2, 0.25) is 0 Å². The average molecular weight is 443 g/mol. The number of urea groups is 1. The summed E-state index contributed by atoms with van der Waals surface area (Å²) in [4.78, 5) is 38.5. The van der Waals surface area contributed by atoms with Gasteiger partial charge in [0.25, 0.3) is 5.91 Å². The summed E-state index contributed by atoms with van der Waals surface area (Å²) in [5, 5.41) is 5.16. The van der Waals surface area contributed by atoms with Crippen molar-refractivity contribution in [3.63, 3.8) is 0 Å². The molecule has 2 N–H and O–H groups in total. The highest BCUT2D eigenvalue weighted by Gasteiger charge is 2.43. The quantitative estimate of drug-likeness (QED) is 0.764. The number of carbonyl (C=O) groups excluding carboxylic acids is 3. The minimum atomic E-state index is -0.696. The Bertz CT molecular complexity index is 1080. The first-order valence-corrected chi connectivity index (χ1v) is 10.4. The number of carbonyl (C=O) groups is 3. The van der Waals surface area contributed by atoms with Crippen LogP contribution < -0.4 is 15.4 Å². The van der Waals surface area contributed by atoms with Crippen LogP contribution in [0.1, 0.15) is 45.5 Å². The maximum absolute atomic E-state index is 13.8. The monoisotopic (exact) mass is 443 g/mol. The van der Waals surface area contributed by atoms with Gasteiger partial charge in [-0.15, -0.1) is 0 Å². The number of fused-ring (bicyclic) bond motifs is 1. The number of hydrogen-bond donors (Lipinski definition) is 2. The molecule has 1 spiro atoms. The van der Waals surface area contributed by atoms with Crippen molar-refractivity contribution in [1.82, 2.24) is 15.5 Å². The normalized spacial score (nSPS) is 16.8. The van der Waals surface area contributed by atoms with E-state index >= 15 is 0 Å². The summed E-state index contributed by atoms with van der Waals surface area (Å²) in [5.41, 5.74) is 0.0690. The van der Waals surface area contributed by atoms with Crippen molar-refractivity contribution in [3.8, 4) is 5.75 Å². The summed E-state index contributed by atoms with van der Waals surface area (Å²) >= 11 is 0. The maximum Gasteiger partial charge on any atom is 0.317 e. The summed E-state index contributed by atoms with van der Waals surface area (Å²) in [6, 6.07) is 7.74. The minimum absolute atomic E-state index is 0.0848. The van der Waals surface area contributed by atoms with Gasteiger partial charge in [0.1, 0.15) is 23.0 Å². The second kappa shape index (κ2) is 8.57. The Morgan fingerprint density at radius 3 is 2.59 bits per heavy atom. The van der Waals surface area contributed by atoms with Gasteiger partial charge in [-0.05, 0) is 35.9 Å². The predicted octanol–water partition coefficient (Wildman–Crippen LogP) is 3.03. The summed E-state index contributed by atoms with van der Waals surface area (Å²) in [5.74, 6) is -1.43. The fourth-order valence-corrected chi connectivity index (χ4v) is 4.14.